The Kier molecular flexibility index (Phi) is 6.05. The molecule has 0 saturated carbocycles. The van der Waals surface area contributed by atoms with Crippen LogP contribution in [0.2, 0.25) is 5.02 Å². The maximum atomic E-state index is 13.2. The molecule has 0 spiro atoms. The highest BCUT2D eigenvalue weighted by molar-refractivity contribution is 6.30. The van der Waals surface area contributed by atoms with Gasteiger partial charge in [-0.25, -0.2) is 0 Å². The number of nitrogens with one attached hydrogen (secondary N) is 1. The fourth-order valence-corrected chi connectivity index (χ4v) is 4.67. The molecule has 2 aliphatic rings. The molecule has 0 bridgehead atoms. The van der Waals surface area contributed by atoms with Gasteiger partial charge in [0.15, 0.2) is 0 Å². The number of carbonyl (C=O) groups excluding carboxylic acids is 1. The molecule has 2 heterocycles. The third kappa shape index (κ3) is 4.46. The van der Waals surface area contributed by atoms with E-state index in [4.69, 9.17) is 11.6 Å². The Labute approximate surface area is 187 Å². The van der Waals surface area contributed by atoms with Crippen LogP contribution >= 0.6 is 11.6 Å². The average molecular weight is 443 g/mol. The van der Waals surface area contributed by atoms with Gasteiger partial charge in [0.2, 0.25) is 5.91 Å². The van der Waals surface area contributed by atoms with Gasteiger partial charge in [-0.05, 0) is 48.2 Å². The molecule has 0 aliphatic carbocycles. The molecule has 1 N–H and O–H groups in total. The maximum Gasteiger partial charge on any atom is 0.269 e. The van der Waals surface area contributed by atoms with Crippen LogP contribution in [-0.4, -0.2) is 43.1 Å². The van der Waals surface area contributed by atoms with E-state index >= 15 is 0 Å². The minimum Gasteiger partial charge on any atom is -0.368 e. The zero-order valence-corrected chi connectivity index (χ0v) is 18.5. The number of carbonyl (C=O) groups is 1. The van der Waals surface area contributed by atoms with Crippen molar-refractivity contribution in [1.82, 2.24) is 5.32 Å². The van der Waals surface area contributed by atoms with Gasteiger partial charge < -0.3 is 15.1 Å². The van der Waals surface area contributed by atoms with E-state index < -0.39 is 0 Å². The number of nitro benzene ring substituents is 1. The van der Waals surface area contributed by atoms with Gasteiger partial charge in [0, 0.05) is 54.7 Å². The summed E-state index contributed by atoms with van der Waals surface area (Å²) >= 11 is 6.05. The molecule has 2 aliphatic heterocycles. The Hall–Kier alpha value is -2.80. The van der Waals surface area contributed by atoms with Gasteiger partial charge in [-0.2, -0.15) is 0 Å². The summed E-state index contributed by atoms with van der Waals surface area (Å²) in [4.78, 5) is 28.6. The number of hydrogen-bond acceptors (Lipinski definition) is 5. The largest absolute Gasteiger partial charge is 0.368 e. The molecule has 31 heavy (non-hydrogen) atoms. The van der Waals surface area contributed by atoms with Crippen LogP contribution in [0.3, 0.4) is 0 Å². The summed E-state index contributed by atoms with van der Waals surface area (Å²) in [6, 6.07) is 12.8. The highest BCUT2D eigenvalue weighted by Gasteiger charge is 2.42. The van der Waals surface area contributed by atoms with Crippen LogP contribution in [0.5, 0.6) is 0 Å². The van der Waals surface area contributed by atoms with E-state index in [0.29, 0.717) is 30.5 Å². The number of amides is 1. The van der Waals surface area contributed by atoms with E-state index in [1.165, 1.54) is 0 Å². The minimum absolute atomic E-state index is 0.00875. The maximum absolute atomic E-state index is 13.2. The van der Waals surface area contributed by atoms with Crippen molar-refractivity contribution in [3.05, 3.63) is 63.2 Å². The molecular weight excluding hydrogens is 416 g/mol. The average Bonchev–Trinajstić information content (AvgIpc) is 2.76. The molecule has 2 unspecified atom stereocenters. The lowest BCUT2D eigenvalue weighted by atomic mass is 9.83. The van der Waals surface area contributed by atoms with Crippen molar-refractivity contribution in [2.45, 2.75) is 26.3 Å². The van der Waals surface area contributed by atoms with E-state index in [-0.39, 0.29) is 28.5 Å². The number of nitro groups is 1. The second kappa shape index (κ2) is 8.75. The number of benzene rings is 2. The monoisotopic (exact) mass is 442 g/mol. The van der Waals surface area contributed by atoms with E-state index in [9.17, 15) is 14.9 Å². The van der Waals surface area contributed by atoms with E-state index in [2.05, 4.69) is 29.0 Å². The van der Waals surface area contributed by atoms with Crippen molar-refractivity contribution >= 4 is 34.6 Å². The summed E-state index contributed by atoms with van der Waals surface area (Å²) in [5.74, 6) is 0.0936. The third-order valence-corrected chi connectivity index (χ3v) is 6.37. The van der Waals surface area contributed by atoms with Crippen molar-refractivity contribution in [3.8, 4) is 0 Å². The first-order valence-electron chi connectivity index (χ1n) is 10.7. The van der Waals surface area contributed by atoms with Gasteiger partial charge in [0.25, 0.3) is 5.69 Å². The van der Waals surface area contributed by atoms with Gasteiger partial charge in [-0.3, -0.25) is 14.9 Å². The lowest BCUT2D eigenvalue weighted by Gasteiger charge is -2.49. The van der Waals surface area contributed by atoms with Gasteiger partial charge in [0.1, 0.15) is 0 Å². The fourth-order valence-electron chi connectivity index (χ4n) is 4.55. The van der Waals surface area contributed by atoms with Crippen LogP contribution in [0, 0.1) is 22.0 Å². The molecule has 7 nitrogen and oxygen atoms in total. The Bertz CT molecular complexity index is 979. The topological polar surface area (TPSA) is 78.7 Å². The van der Waals surface area contributed by atoms with Crippen LogP contribution in [-0.2, 0) is 11.2 Å². The predicted octanol–water partition coefficient (Wildman–Crippen LogP) is 3.89. The number of non-ortho nitro benzene ring substituents is 1. The summed E-state index contributed by atoms with van der Waals surface area (Å²) in [5.41, 5.74) is 3.02. The molecule has 4 rings (SSSR count). The van der Waals surface area contributed by atoms with Crippen molar-refractivity contribution in [2.24, 2.45) is 11.8 Å². The van der Waals surface area contributed by atoms with Crippen molar-refractivity contribution < 1.29 is 9.72 Å². The predicted molar refractivity (Wildman–Crippen MR) is 123 cm³/mol. The SMILES string of the molecule is CC(C)CNC(=O)C1Cc2cc([N+](=O)[O-])ccc2N2CCN(c3ccc(Cl)cc3)CC12. The molecular formula is C23H27ClN4O3. The number of halogens is 1. The molecule has 2 aromatic rings. The molecule has 1 saturated heterocycles. The molecule has 1 amide bonds. The Morgan fingerprint density at radius 1 is 1.23 bits per heavy atom. The lowest BCUT2D eigenvalue weighted by Crippen LogP contribution is -2.61. The van der Waals surface area contributed by atoms with Gasteiger partial charge in [0.05, 0.1) is 16.9 Å². The Balaban J connectivity index is 1.65. The number of rotatable bonds is 5. The number of hydrogen-bond donors (Lipinski definition) is 1. The van der Waals surface area contributed by atoms with E-state index in [1.54, 1.807) is 12.1 Å². The number of anilines is 2. The Morgan fingerprint density at radius 3 is 2.65 bits per heavy atom. The quantitative estimate of drug-likeness (QED) is 0.561. The highest BCUT2D eigenvalue weighted by atomic mass is 35.5. The van der Waals surface area contributed by atoms with Gasteiger partial charge in [-0.15, -0.1) is 0 Å². The van der Waals surface area contributed by atoms with Gasteiger partial charge >= 0.3 is 0 Å². The molecule has 1 fully saturated rings. The molecule has 8 heteroatoms. The van der Waals surface area contributed by atoms with Crippen LogP contribution in [0.4, 0.5) is 17.1 Å². The normalized spacial score (nSPS) is 20.3. The van der Waals surface area contributed by atoms with Crippen LogP contribution < -0.4 is 15.1 Å². The van der Waals surface area contributed by atoms with Crippen molar-refractivity contribution in [3.63, 3.8) is 0 Å². The van der Waals surface area contributed by atoms with Crippen LogP contribution in [0.15, 0.2) is 42.5 Å². The summed E-state index contributed by atoms with van der Waals surface area (Å²) in [6.07, 6.45) is 0.497. The second-order valence-corrected chi connectivity index (χ2v) is 9.14. The second-order valence-electron chi connectivity index (χ2n) is 8.70. The zero-order valence-electron chi connectivity index (χ0n) is 17.8. The summed E-state index contributed by atoms with van der Waals surface area (Å²) < 4.78 is 0. The van der Waals surface area contributed by atoms with Crippen molar-refractivity contribution in [2.75, 3.05) is 36.0 Å². The van der Waals surface area contributed by atoms with Crippen LogP contribution in [0.25, 0.3) is 0 Å². The number of fused-ring (bicyclic) bond motifs is 3. The summed E-state index contributed by atoms with van der Waals surface area (Å²) in [5, 5.41) is 15.1. The standard InChI is InChI=1S/C23H27ClN4O3/c1-15(2)13-25-23(29)20-12-16-11-19(28(30)31)7-8-21(16)27-10-9-26(14-22(20)27)18-5-3-17(24)4-6-18/h3-8,11,15,20,22H,9-10,12-14H2,1-2H3,(H,25,29). The third-order valence-electron chi connectivity index (χ3n) is 6.12. The summed E-state index contributed by atoms with van der Waals surface area (Å²) in [7, 11) is 0. The highest BCUT2D eigenvalue weighted by Crippen LogP contribution is 2.38. The fraction of sp³-hybridized carbons (Fsp3) is 0.435. The smallest absolute Gasteiger partial charge is 0.269 e. The molecule has 2 aromatic carbocycles. The Morgan fingerprint density at radius 2 is 1.97 bits per heavy atom. The van der Waals surface area contributed by atoms with Crippen molar-refractivity contribution in [1.29, 1.82) is 0 Å². The minimum atomic E-state index is -0.376. The number of nitrogens with zero attached hydrogens (tertiary/aromatic N) is 3. The summed E-state index contributed by atoms with van der Waals surface area (Å²) in [6.45, 7) is 6.99. The molecule has 2 atom stereocenters. The molecule has 164 valence electrons. The first-order chi connectivity index (χ1) is 14.8. The first kappa shape index (κ1) is 21.4. The first-order valence-corrected chi connectivity index (χ1v) is 11.0. The lowest BCUT2D eigenvalue weighted by molar-refractivity contribution is -0.384. The molecule has 0 aromatic heterocycles. The zero-order chi connectivity index (χ0) is 22.1. The van der Waals surface area contributed by atoms with Gasteiger partial charge in [-0.1, -0.05) is 25.4 Å². The van der Waals surface area contributed by atoms with Crippen LogP contribution in [0.1, 0.15) is 19.4 Å². The van der Waals surface area contributed by atoms with E-state index in [0.717, 1.165) is 30.0 Å². The molecule has 0 radical (unpaired) electrons. The number of piperazine rings is 1. The van der Waals surface area contributed by atoms with E-state index in [1.807, 2.05) is 30.3 Å².